The number of carbonyl (C=O) groups is 2. The van der Waals surface area contributed by atoms with Crippen LogP contribution in [0.2, 0.25) is 0 Å². The molecule has 5 aromatic heterocycles. The van der Waals surface area contributed by atoms with Crippen LogP contribution in [0, 0.1) is 13.8 Å². The lowest BCUT2D eigenvalue weighted by molar-refractivity contribution is 0.0702. The zero-order valence-corrected chi connectivity index (χ0v) is 27.3. The predicted octanol–water partition coefficient (Wildman–Crippen LogP) is 7.82. The highest BCUT2D eigenvalue weighted by Crippen LogP contribution is 2.21. The molecule has 0 bridgehead atoms. The Labute approximate surface area is 265 Å². The van der Waals surface area contributed by atoms with Crippen LogP contribution in [0.25, 0.3) is 0 Å². The first-order chi connectivity index (χ1) is 20.2. The fraction of sp³-hybridized carbons (Fsp3) is 0.296. The molecule has 1 N–H and O–H groups in total. The van der Waals surface area contributed by atoms with E-state index in [0.29, 0.717) is 9.78 Å². The van der Waals surface area contributed by atoms with Crippen LogP contribution >= 0.6 is 67.9 Å². The number of aromatic carboxylic acids is 1. The van der Waals surface area contributed by atoms with E-state index in [-0.39, 0.29) is 5.91 Å². The van der Waals surface area contributed by atoms with Crippen LogP contribution < -0.4 is 0 Å². The van der Waals surface area contributed by atoms with E-state index in [4.69, 9.17) is 7.85 Å². The van der Waals surface area contributed by atoms with Gasteiger partial charge in [0.05, 0.1) is 34.8 Å². The van der Waals surface area contributed by atoms with Crippen LogP contribution in [0.3, 0.4) is 0 Å². The highest BCUT2D eigenvalue weighted by Gasteiger charge is 2.11. The van der Waals surface area contributed by atoms with Crippen LogP contribution in [0.15, 0.2) is 53.7 Å². The quantitative estimate of drug-likeness (QED) is 0.129. The number of hydrogen-bond acceptors (Lipinski definition) is 9. The van der Waals surface area contributed by atoms with Gasteiger partial charge >= 0.3 is 5.97 Å². The summed E-state index contributed by atoms with van der Waals surface area (Å²) in [5, 5.41) is 15.1. The van der Waals surface area contributed by atoms with Crippen molar-refractivity contribution in [2.24, 2.45) is 0 Å². The molecule has 5 rings (SSSR count). The second kappa shape index (κ2) is 18.2. The maximum absolute atomic E-state index is 12.1. The van der Waals surface area contributed by atoms with Crippen molar-refractivity contribution >= 4 is 79.8 Å². The molecule has 0 aliphatic rings. The van der Waals surface area contributed by atoms with Gasteiger partial charge in [0.1, 0.15) is 11.2 Å². The van der Waals surface area contributed by atoms with Crippen LogP contribution in [-0.4, -0.2) is 48.6 Å². The molecule has 0 aromatic carbocycles. The van der Waals surface area contributed by atoms with E-state index in [1.165, 1.54) is 27.1 Å². The Bertz CT molecular complexity index is 1490. The van der Waals surface area contributed by atoms with Crippen molar-refractivity contribution in [3.63, 3.8) is 0 Å². The minimum atomic E-state index is -1.00. The molecule has 214 valence electrons. The monoisotopic (exact) mass is 734 g/mol. The summed E-state index contributed by atoms with van der Waals surface area (Å²) in [6.45, 7) is 4.00. The molecule has 0 saturated heterocycles. The number of alkyl halides is 2. The first kappa shape index (κ1) is 30.6. The van der Waals surface area contributed by atoms with Crippen molar-refractivity contribution in [2.75, 3.05) is 12.1 Å². The summed E-state index contributed by atoms with van der Waals surface area (Å²) in [6.07, 6.45) is 8.39. The van der Waals surface area contributed by atoms with Gasteiger partial charge in [0.15, 0.2) is 0 Å². The van der Waals surface area contributed by atoms with E-state index in [0.717, 1.165) is 56.8 Å². The number of rotatable bonds is 8. The second-order valence-electron chi connectivity index (χ2n) is 7.83. The Morgan fingerprint density at radius 2 is 1.45 bits per heavy atom. The molecule has 0 radical (unpaired) electrons. The number of carboxylic acid groups (broad SMARTS) is 1. The minimum absolute atomic E-state index is 0.0248. The molecule has 0 spiro atoms. The number of aromatic nitrogens is 4. The lowest BCUT2D eigenvalue weighted by Gasteiger charge is -1.97. The third-order valence-corrected chi connectivity index (χ3v) is 8.98. The summed E-state index contributed by atoms with van der Waals surface area (Å²) in [5.41, 5.74) is 2.22. The Morgan fingerprint density at radius 3 is 1.85 bits per heavy atom. The maximum Gasteiger partial charge on any atom is 0.345 e. The number of nitrogens with zero attached hydrogens (tertiary/aromatic N) is 4. The minimum Gasteiger partial charge on any atom is -0.477 e. The highest BCUT2D eigenvalue weighted by molar-refractivity contribution is 14.1. The molecule has 0 aliphatic heterocycles. The fourth-order valence-electron chi connectivity index (χ4n) is 3.31. The topological polar surface area (TPSA) is 98.0 Å². The molecular weight excluding hydrogens is 702 g/mol. The molecule has 0 atom stereocenters. The molecule has 0 aliphatic carbocycles. The SMILES string of the molecule is Cc1nc(CCc2ccc(C(=O)O)s2)cs1.Cc1nc(CCc2ccc(C(=O)n3ccnc3)s2)cs1.[2H]CF.[2H]CI. The third-order valence-electron chi connectivity index (χ3n) is 5.07. The number of imidazole rings is 1. The normalized spacial score (nSPS) is 10.6. The number of aryl methyl sites for hydroxylation is 6. The number of carboxylic acids is 1. The molecule has 0 fully saturated rings. The molecule has 40 heavy (non-hydrogen) atoms. The smallest absolute Gasteiger partial charge is 0.345 e. The molecule has 13 heteroatoms. The standard InChI is InChI=1S/C14H13N3OS2.C11H11NO2S2.CH3F.CH3I/c1-10-16-11(8-19-10)2-3-12-4-5-13(20-12)14(18)17-7-6-15-9-17;1-7-12-8(6-15-7)2-3-9-4-5-10(16-9)11(13)14;2*1-2/h4-9H,2-3H2,1H3;4-6H,2-3H2,1H3,(H,13,14);2*1H3/i;;2*1D. The maximum atomic E-state index is 12.1. The van der Waals surface area contributed by atoms with E-state index in [9.17, 15) is 14.0 Å². The zero-order valence-electron chi connectivity index (χ0n) is 23.9. The van der Waals surface area contributed by atoms with E-state index in [2.05, 4.69) is 25.7 Å². The Morgan fingerprint density at radius 1 is 0.950 bits per heavy atom. The van der Waals surface area contributed by atoms with Gasteiger partial charge < -0.3 is 5.11 Å². The zero-order chi connectivity index (χ0) is 30.9. The van der Waals surface area contributed by atoms with Crippen molar-refractivity contribution in [1.82, 2.24) is 19.5 Å². The number of carbonyl (C=O) groups excluding carboxylic acids is 1. The van der Waals surface area contributed by atoms with Crippen molar-refractivity contribution in [3.8, 4) is 0 Å². The third kappa shape index (κ3) is 10.9. The molecule has 0 saturated carbocycles. The van der Waals surface area contributed by atoms with Gasteiger partial charge in [-0.2, -0.15) is 0 Å². The Kier molecular flexibility index (Phi) is 13.9. The summed E-state index contributed by atoms with van der Waals surface area (Å²) in [7, 11) is -1.00. The molecule has 5 aromatic rings. The largest absolute Gasteiger partial charge is 0.477 e. The van der Waals surface area contributed by atoms with Crippen molar-refractivity contribution in [2.45, 2.75) is 39.5 Å². The van der Waals surface area contributed by atoms with Crippen molar-refractivity contribution in [3.05, 3.63) is 94.7 Å². The lowest BCUT2D eigenvalue weighted by Crippen LogP contribution is -2.07. The first-order valence-corrected chi connectivity index (χ1v) is 16.6. The number of halogens is 2. The average Bonchev–Trinajstić information content (AvgIpc) is 3.78. The summed E-state index contributed by atoms with van der Waals surface area (Å²) >= 11 is 8.16. The first-order valence-electron chi connectivity index (χ1n) is 13.1. The van der Waals surface area contributed by atoms with Crippen LogP contribution in [0.5, 0.6) is 0 Å². The molecular formula is C27H30FIN4O3S4. The van der Waals surface area contributed by atoms with Gasteiger partial charge in [0.25, 0.3) is 5.91 Å². The molecule has 7 nitrogen and oxygen atoms in total. The van der Waals surface area contributed by atoms with Crippen LogP contribution in [0.1, 0.15) is 53.2 Å². The summed E-state index contributed by atoms with van der Waals surface area (Å²) < 4.78 is 23.2. The number of hydrogen-bond donors (Lipinski definition) is 1. The number of thiophene rings is 2. The van der Waals surface area contributed by atoms with E-state index >= 15 is 0 Å². The van der Waals surface area contributed by atoms with Gasteiger partial charge in [-0.3, -0.25) is 13.8 Å². The fourth-order valence-corrected chi connectivity index (χ4v) is 6.40. The van der Waals surface area contributed by atoms with Gasteiger partial charge in [-0.1, -0.05) is 22.6 Å². The second-order valence-corrected chi connectivity index (χ2v) is 12.3. The molecule has 0 unspecified atom stereocenters. The summed E-state index contributed by atoms with van der Waals surface area (Å²) in [6, 6.07) is 7.45. The van der Waals surface area contributed by atoms with Gasteiger partial charge in [-0.15, -0.1) is 45.3 Å². The summed E-state index contributed by atoms with van der Waals surface area (Å²) in [4.78, 5) is 39.5. The number of thiazole rings is 2. The average molecular weight is 735 g/mol. The highest BCUT2D eigenvalue weighted by atomic mass is 127. The van der Waals surface area contributed by atoms with E-state index < -0.39 is 13.1 Å². The predicted molar refractivity (Wildman–Crippen MR) is 173 cm³/mol. The molecule has 5 heterocycles. The Balaban J connectivity index is 0.000000252. The van der Waals surface area contributed by atoms with Gasteiger partial charge in [-0.25, -0.2) is 19.7 Å². The van der Waals surface area contributed by atoms with Crippen molar-refractivity contribution in [1.29, 1.82) is 0 Å². The van der Waals surface area contributed by atoms with Gasteiger partial charge in [0, 0.05) is 34.3 Å². The van der Waals surface area contributed by atoms with Gasteiger partial charge in [-0.05, 0) is 68.7 Å². The molecule has 0 amide bonds. The van der Waals surface area contributed by atoms with Crippen LogP contribution in [-0.2, 0) is 25.7 Å². The van der Waals surface area contributed by atoms with E-state index in [1.54, 1.807) is 52.5 Å². The lowest BCUT2D eigenvalue weighted by atomic mass is 10.2. The summed E-state index contributed by atoms with van der Waals surface area (Å²) in [5.74, 6) is -0.871. The van der Waals surface area contributed by atoms with Crippen LogP contribution in [0.4, 0.5) is 4.39 Å². The van der Waals surface area contributed by atoms with Crippen molar-refractivity contribution < 1.29 is 21.8 Å². The Hall–Kier alpha value is -2.33. The van der Waals surface area contributed by atoms with E-state index in [1.807, 2.05) is 54.6 Å². The van der Waals surface area contributed by atoms with Gasteiger partial charge in [0.2, 0.25) is 0 Å².